The van der Waals surface area contributed by atoms with E-state index in [1.165, 1.54) is 0 Å². The van der Waals surface area contributed by atoms with Gasteiger partial charge in [-0.15, -0.1) is 0 Å². The third kappa shape index (κ3) is 68.5. The number of nitrogens with zero attached hydrogens (tertiary/aromatic N) is 2. The maximum Gasteiger partial charge on any atom is 1.00 e. The van der Waals surface area contributed by atoms with Crippen molar-refractivity contribution in [2.45, 2.75) is 0 Å². The molecule has 2 nitrogen and oxygen atoms in total. The van der Waals surface area contributed by atoms with Gasteiger partial charge in [0, 0.05) is 0 Å². The second-order valence-corrected chi connectivity index (χ2v) is 0. The van der Waals surface area contributed by atoms with Gasteiger partial charge < -0.3 is 25.1 Å². The van der Waals surface area contributed by atoms with Crippen LogP contribution in [0.25, 0.3) is 0 Å². The molecule has 7 heavy (non-hydrogen) atoms. The maximum atomic E-state index is 6.25. The second-order valence-electron chi connectivity index (χ2n) is 0. The molecule has 0 aliphatic rings. The summed E-state index contributed by atoms with van der Waals surface area (Å²) in [6.45, 7) is 9.50. The van der Waals surface area contributed by atoms with Gasteiger partial charge >= 0.3 is 96.1 Å². The van der Waals surface area contributed by atoms with Crippen LogP contribution in [0.3, 0.4) is 0 Å². The van der Waals surface area contributed by atoms with E-state index < -0.39 is 0 Å². The predicted molar refractivity (Wildman–Crippen MR) is 11.0 cm³/mol. The van der Waals surface area contributed by atoms with Crippen LogP contribution < -0.4 is 51.4 Å². The van der Waals surface area contributed by atoms with Gasteiger partial charge in [-0.05, 0) is 0 Å². The van der Waals surface area contributed by atoms with Crippen LogP contribution in [-0.2, 0) is 44.8 Å². The first-order valence-corrected chi connectivity index (χ1v) is 0.447. The summed E-state index contributed by atoms with van der Waals surface area (Å²) < 4.78 is 0. The number of hydrogen-bond acceptors (Lipinski definition) is 2. The predicted octanol–water partition coefficient (Wildman–Crippen LogP) is -2.70. The van der Waals surface area contributed by atoms with Crippen LogP contribution in [0.5, 0.6) is 0 Å². The molecule has 0 fully saturated rings. The van der Waals surface area contributed by atoms with Crippen molar-refractivity contribution in [3.63, 3.8) is 0 Å². The summed E-state index contributed by atoms with van der Waals surface area (Å²) in [5.74, 6) is 0. The molecule has 5 heteroatoms. The monoisotopic (exact) mass is 306 g/mol. The van der Waals surface area contributed by atoms with E-state index in [1.807, 2.05) is 0 Å². The molecule has 0 bridgehead atoms. The minimum Gasteiger partial charge on any atom is -1.00 e. The van der Waals surface area contributed by atoms with E-state index >= 15 is 0 Å². The Morgan fingerprint density at radius 1 is 0.857 bits per heavy atom. The average molecular weight is 308 g/mol. The Hall–Kier alpha value is 2.10. The normalized spacial score (nSPS) is 0.571. The molecule has 0 aliphatic carbocycles. The Labute approximate surface area is 119 Å². The van der Waals surface area contributed by atoms with E-state index in [0.29, 0.717) is 0 Å². The van der Waals surface area contributed by atoms with Gasteiger partial charge in [0.15, 0.2) is 0 Å². The van der Waals surface area contributed by atoms with Gasteiger partial charge in [0.2, 0.25) is 0 Å². The van der Waals surface area contributed by atoms with Gasteiger partial charge in [-0.2, -0.15) is 0 Å². The van der Waals surface area contributed by atoms with Gasteiger partial charge in [0.25, 0.3) is 0 Å². The third-order valence-corrected chi connectivity index (χ3v) is 0. The van der Waals surface area contributed by atoms with Gasteiger partial charge in [0.1, 0.15) is 0 Å². The van der Waals surface area contributed by atoms with Crippen molar-refractivity contribution in [1.29, 1.82) is 10.5 Å². The van der Waals surface area contributed by atoms with E-state index in [-0.39, 0.29) is 97.6 Å². The number of hydrogen-bond donors (Lipinski definition) is 0. The molecule has 0 aliphatic heterocycles. The van der Waals surface area contributed by atoms with Gasteiger partial charge in [0.05, 0.1) is 0 Å². The first-order valence-electron chi connectivity index (χ1n) is 0.447. The van der Waals surface area contributed by atoms with Crippen molar-refractivity contribution in [3.8, 4) is 0 Å². The van der Waals surface area contributed by atoms with E-state index in [4.69, 9.17) is 23.7 Å². The molecular formula is C2HAg2KN2. The van der Waals surface area contributed by atoms with Gasteiger partial charge in [-0.3, -0.25) is 0 Å². The van der Waals surface area contributed by atoms with Crippen molar-refractivity contribution in [2.24, 2.45) is 0 Å². The molecule has 0 radical (unpaired) electrons. The molecule has 0 saturated heterocycles. The molecule has 42 valence electrons. The summed E-state index contributed by atoms with van der Waals surface area (Å²) >= 11 is 0. The molecule has 0 aromatic heterocycles. The van der Waals surface area contributed by atoms with Crippen molar-refractivity contribution in [3.05, 3.63) is 13.1 Å². The summed E-state index contributed by atoms with van der Waals surface area (Å²) in [4.78, 5) is 0. The van der Waals surface area contributed by atoms with Crippen LogP contribution in [0.4, 0.5) is 0 Å². The minimum atomic E-state index is 0. The molecule has 0 amide bonds. The summed E-state index contributed by atoms with van der Waals surface area (Å²) in [7, 11) is 0. The molecule has 0 unspecified atom stereocenters. The molecule has 0 spiro atoms. The first kappa shape index (κ1) is 35.5. The molecule has 0 rings (SSSR count). The van der Waals surface area contributed by atoms with Crippen molar-refractivity contribution < 1.29 is 97.6 Å². The van der Waals surface area contributed by atoms with Crippen molar-refractivity contribution in [1.82, 2.24) is 0 Å². The maximum absolute atomic E-state index is 6.25. The Bertz CT molecular complexity index is 33.5. The molecule has 0 N–H and O–H groups in total. The summed E-state index contributed by atoms with van der Waals surface area (Å²) in [5.41, 5.74) is 0. The molecule has 0 aromatic carbocycles. The third-order valence-electron chi connectivity index (χ3n) is 0. The molecule has 0 heterocycles. The van der Waals surface area contributed by atoms with Crippen LogP contribution in [0.15, 0.2) is 0 Å². The average Bonchev–Trinajstić information content (AvgIpc) is 1.50. The Morgan fingerprint density at radius 3 is 0.857 bits per heavy atom. The zero-order valence-corrected chi connectivity index (χ0v) is 9.59. The Morgan fingerprint density at radius 2 is 0.857 bits per heavy atom. The zero-order valence-electron chi connectivity index (χ0n) is 4.50. The molecule has 0 aromatic rings. The zero-order chi connectivity index (χ0) is 4.00. The SMILES string of the molecule is [Ag+].[Ag+].[C-]#N.[C-]#N.[H-].[K+]. The van der Waals surface area contributed by atoms with Crippen LogP contribution in [0, 0.1) is 23.7 Å². The Kier molecular flexibility index (Phi) is 471. The van der Waals surface area contributed by atoms with Crippen LogP contribution in [0.1, 0.15) is 1.43 Å². The molecule has 0 saturated carbocycles. The largest absolute Gasteiger partial charge is 1.00 e. The van der Waals surface area contributed by atoms with E-state index in [0.717, 1.165) is 0 Å². The molecular weight excluding hydrogens is 307 g/mol. The van der Waals surface area contributed by atoms with Gasteiger partial charge in [-0.25, -0.2) is 0 Å². The number of rotatable bonds is 0. The fraction of sp³-hybridized carbons (Fsp3) is 0. The first-order chi connectivity index (χ1) is 2.00. The summed E-state index contributed by atoms with van der Waals surface area (Å²) in [6, 6.07) is 0. The Balaban J connectivity index is -0.00000000167. The van der Waals surface area contributed by atoms with E-state index in [2.05, 4.69) is 0 Å². The van der Waals surface area contributed by atoms with Gasteiger partial charge in [-0.1, -0.05) is 0 Å². The second kappa shape index (κ2) is 92.7. The van der Waals surface area contributed by atoms with Crippen LogP contribution >= 0.6 is 0 Å². The minimum absolute atomic E-state index is 0. The van der Waals surface area contributed by atoms with Crippen LogP contribution in [-0.4, -0.2) is 0 Å². The fourth-order valence-electron chi connectivity index (χ4n) is 0. The van der Waals surface area contributed by atoms with Crippen molar-refractivity contribution >= 4 is 0 Å². The van der Waals surface area contributed by atoms with E-state index in [9.17, 15) is 0 Å². The standard InChI is InChI=1S/2CN.2Ag.K.H/c2*1-2;;;;/q2*-1;3*+1;-1. The molecule has 0 atom stereocenters. The summed E-state index contributed by atoms with van der Waals surface area (Å²) in [6.07, 6.45) is 0. The van der Waals surface area contributed by atoms with Crippen molar-refractivity contribution in [2.75, 3.05) is 0 Å². The summed E-state index contributed by atoms with van der Waals surface area (Å²) in [5, 5.41) is 12.5. The smallest absolute Gasteiger partial charge is 1.00 e. The van der Waals surface area contributed by atoms with E-state index in [1.54, 1.807) is 0 Å². The quantitative estimate of drug-likeness (QED) is 0.361. The fourth-order valence-corrected chi connectivity index (χ4v) is 0. The topological polar surface area (TPSA) is 47.6 Å². The van der Waals surface area contributed by atoms with Crippen LogP contribution in [0.2, 0.25) is 0 Å².